The number of amides is 1. The number of fused-ring (bicyclic) bond motifs is 1. The Morgan fingerprint density at radius 3 is 2.49 bits per heavy atom. The number of thioether (sulfide) groups is 1. The van der Waals surface area contributed by atoms with E-state index < -0.39 is 10.0 Å². The van der Waals surface area contributed by atoms with Crippen molar-refractivity contribution >= 4 is 39.0 Å². The monoisotopic (exact) mass is 512 g/mol. The molecule has 2 N–H and O–H groups in total. The molecule has 0 saturated heterocycles. The standard InChI is InChI=1S/C23H24N6O4S2/c1-16-3-9-19(10-4-16)35(31,32)24-14-13-21-27-26-20-11-12-23(28-29(20)21)34-15-22(30)25-17-5-7-18(33-2)8-6-17/h3-12,24H,13-15H2,1-2H3,(H,25,30). The number of carbonyl (C=O) groups is 1. The molecule has 0 atom stereocenters. The number of carbonyl (C=O) groups excluding carboxylic acids is 1. The van der Waals surface area contributed by atoms with Gasteiger partial charge in [-0.05, 0) is 55.5 Å². The van der Waals surface area contributed by atoms with Crippen LogP contribution in [0.25, 0.3) is 5.65 Å². The van der Waals surface area contributed by atoms with Crippen LogP contribution >= 0.6 is 11.8 Å². The number of methoxy groups -OCH3 is 1. The molecule has 4 aromatic rings. The lowest BCUT2D eigenvalue weighted by atomic mass is 10.2. The second-order valence-electron chi connectivity index (χ2n) is 7.58. The van der Waals surface area contributed by atoms with Crippen LogP contribution in [0.1, 0.15) is 11.4 Å². The number of nitrogens with one attached hydrogen (secondary N) is 2. The lowest BCUT2D eigenvalue weighted by molar-refractivity contribution is -0.113. The number of anilines is 1. The maximum atomic E-state index is 12.5. The summed E-state index contributed by atoms with van der Waals surface area (Å²) >= 11 is 1.27. The van der Waals surface area contributed by atoms with Gasteiger partial charge in [0.15, 0.2) is 11.5 Å². The second kappa shape index (κ2) is 10.8. The molecule has 0 saturated carbocycles. The summed E-state index contributed by atoms with van der Waals surface area (Å²) < 4.78 is 34.2. The Morgan fingerprint density at radius 1 is 1.03 bits per heavy atom. The van der Waals surface area contributed by atoms with Gasteiger partial charge in [0.05, 0.1) is 17.8 Å². The molecule has 0 radical (unpaired) electrons. The summed E-state index contributed by atoms with van der Waals surface area (Å²) in [5.74, 6) is 1.22. The van der Waals surface area contributed by atoms with Crippen LogP contribution in [0.3, 0.4) is 0 Å². The molecule has 0 fully saturated rings. The highest BCUT2D eigenvalue weighted by atomic mass is 32.2. The second-order valence-corrected chi connectivity index (χ2v) is 10.3. The zero-order valence-corrected chi connectivity index (χ0v) is 20.8. The smallest absolute Gasteiger partial charge is 0.240 e. The van der Waals surface area contributed by atoms with E-state index in [0.29, 0.717) is 34.4 Å². The molecular weight excluding hydrogens is 488 g/mol. The highest BCUT2D eigenvalue weighted by molar-refractivity contribution is 7.99. The van der Waals surface area contributed by atoms with E-state index in [2.05, 4.69) is 25.3 Å². The van der Waals surface area contributed by atoms with Gasteiger partial charge in [-0.15, -0.1) is 10.2 Å². The first-order chi connectivity index (χ1) is 16.8. The van der Waals surface area contributed by atoms with Gasteiger partial charge in [0.1, 0.15) is 10.8 Å². The normalized spacial score (nSPS) is 11.5. The third kappa shape index (κ3) is 6.35. The largest absolute Gasteiger partial charge is 0.497 e. The average molecular weight is 513 g/mol. The number of aromatic nitrogens is 4. The third-order valence-electron chi connectivity index (χ3n) is 5.00. The summed E-state index contributed by atoms with van der Waals surface area (Å²) in [6.45, 7) is 2.04. The number of ether oxygens (including phenoxy) is 1. The minimum Gasteiger partial charge on any atom is -0.497 e. The zero-order chi connectivity index (χ0) is 24.8. The van der Waals surface area contributed by atoms with Crippen LogP contribution < -0.4 is 14.8 Å². The van der Waals surface area contributed by atoms with Crippen molar-refractivity contribution < 1.29 is 17.9 Å². The molecule has 0 aliphatic carbocycles. The van der Waals surface area contributed by atoms with Crippen LogP contribution in [0, 0.1) is 6.92 Å². The molecule has 0 spiro atoms. The Bertz CT molecular complexity index is 1420. The molecule has 1 amide bonds. The van der Waals surface area contributed by atoms with Gasteiger partial charge in [0.25, 0.3) is 0 Å². The van der Waals surface area contributed by atoms with Crippen molar-refractivity contribution in [3.05, 3.63) is 72.1 Å². The van der Waals surface area contributed by atoms with Gasteiger partial charge < -0.3 is 10.1 Å². The van der Waals surface area contributed by atoms with Crippen LogP contribution in [-0.2, 0) is 21.2 Å². The Labute approximate surface area is 207 Å². The van der Waals surface area contributed by atoms with Gasteiger partial charge >= 0.3 is 0 Å². The lowest BCUT2D eigenvalue weighted by Gasteiger charge is -2.07. The molecule has 2 aromatic heterocycles. The number of benzene rings is 2. The minimum absolute atomic E-state index is 0.139. The zero-order valence-electron chi connectivity index (χ0n) is 19.1. The van der Waals surface area contributed by atoms with Crippen LogP contribution in [0.2, 0.25) is 0 Å². The SMILES string of the molecule is COc1ccc(NC(=O)CSc2ccc3nnc(CCNS(=O)(=O)c4ccc(C)cc4)n3n2)cc1. The van der Waals surface area contributed by atoms with Crippen molar-refractivity contribution in [1.29, 1.82) is 0 Å². The van der Waals surface area contributed by atoms with Crippen LogP contribution in [-0.4, -0.2) is 53.5 Å². The summed E-state index contributed by atoms with van der Waals surface area (Å²) in [6.07, 6.45) is 0.297. The van der Waals surface area contributed by atoms with E-state index in [9.17, 15) is 13.2 Å². The number of nitrogens with zero attached hydrogens (tertiary/aromatic N) is 4. The van der Waals surface area contributed by atoms with Gasteiger partial charge in [-0.2, -0.15) is 9.61 Å². The molecular formula is C23H24N6O4S2. The molecule has 10 nitrogen and oxygen atoms in total. The molecule has 2 heterocycles. The van der Waals surface area contributed by atoms with Crippen LogP contribution in [0.15, 0.2) is 70.6 Å². The molecule has 182 valence electrons. The molecule has 0 unspecified atom stereocenters. The Kier molecular flexibility index (Phi) is 7.63. The molecule has 0 aliphatic rings. The molecule has 2 aromatic carbocycles. The summed E-state index contributed by atoms with van der Waals surface area (Å²) in [7, 11) is -2.04. The summed E-state index contributed by atoms with van der Waals surface area (Å²) in [4.78, 5) is 12.5. The van der Waals surface area contributed by atoms with Crippen LogP contribution in [0.5, 0.6) is 5.75 Å². The fourth-order valence-electron chi connectivity index (χ4n) is 3.16. The minimum atomic E-state index is -3.62. The van der Waals surface area contributed by atoms with Crippen molar-refractivity contribution in [3.63, 3.8) is 0 Å². The Balaban J connectivity index is 1.34. The number of hydrogen-bond donors (Lipinski definition) is 2. The first kappa shape index (κ1) is 24.6. The average Bonchev–Trinajstić information content (AvgIpc) is 3.25. The van der Waals surface area contributed by atoms with Gasteiger partial charge in [0.2, 0.25) is 15.9 Å². The highest BCUT2D eigenvalue weighted by Crippen LogP contribution is 2.18. The number of aryl methyl sites for hydroxylation is 1. The predicted molar refractivity (Wildman–Crippen MR) is 133 cm³/mol. The third-order valence-corrected chi connectivity index (χ3v) is 7.40. The summed E-state index contributed by atoms with van der Waals surface area (Å²) in [5.41, 5.74) is 2.19. The van der Waals surface area contributed by atoms with Gasteiger partial charge in [0, 0.05) is 18.7 Å². The molecule has 0 bridgehead atoms. The van der Waals surface area contributed by atoms with E-state index in [-0.39, 0.29) is 23.1 Å². The molecule has 35 heavy (non-hydrogen) atoms. The molecule has 4 rings (SSSR count). The number of sulfonamides is 1. The topological polar surface area (TPSA) is 128 Å². The summed E-state index contributed by atoms with van der Waals surface area (Å²) in [5, 5.41) is 16.1. The van der Waals surface area contributed by atoms with Crippen molar-refractivity contribution in [2.45, 2.75) is 23.3 Å². The fraction of sp³-hybridized carbons (Fsp3) is 0.217. The predicted octanol–water partition coefficient (Wildman–Crippen LogP) is 2.69. The molecule has 12 heteroatoms. The van der Waals surface area contributed by atoms with E-state index in [0.717, 1.165) is 5.56 Å². The van der Waals surface area contributed by atoms with E-state index >= 15 is 0 Å². The Hall–Kier alpha value is -3.48. The number of hydrogen-bond acceptors (Lipinski definition) is 8. The van der Waals surface area contributed by atoms with E-state index in [1.807, 2.05) is 6.92 Å². The maximum absolute atomic E-state index is 12.5. The van der Waals surface area contributed by atoms with E-state index in [1.54, 1.807) is 72.3 Å². The van der Waals surface area contributed by atoms with Crippen molar-refractivity contribution in [3.8, 4) is 5.75 Å². The molecule has 0 aliphatic heterocycles. The van der Waals surface area contributed by atoms with Gasteiger partial charge in [-0.25, -0.2) is 13.1 Å². The fourth-order valence-corrected chi connectivity index (χ4v) is 4.84. The highest BCUT2D eigenvalue weighted by Gasteiger charge is 2.15. The summed E-state index contributed by atoms with van der Waals surface area (Å²) in [6, 6.07) is 17.2. The van der Waals surface area contributed by atoms with Gasteiger partial charge in [-0.1, -0.05) is 29.5 Å². The maximum Gasteiger partial charge on any atom is 0.240 e. The van der Waals surface area contributed by atoms with Crippen molar-refractivity contribution in [2.24, 2.45) is 0 Å². The number of rotatable bonds is 10. The van der Waals surface area contributed by atoms with Gasteiger partial charge in [-0.3, -0.25) is 4.79 Å². The lowest BCUT2D eigenvalue weighted by Crippen LogP contribution is -2.26. The first-order valence-corrected chi connectivity index (χ1v) is 13.2. The Morgan fingerprint density at radius 2 is 1.77 bits per heavy atom. The van der Waals surface area contributed by atoms with E-state index in [4.69, 9.17) is 4.74 Å². The van der Waals surface area contributed by atoms with E-state index in [1.165, 1.54) is 11.8 Å². The quantitative estimate of drug-likeness (QED) is 0.311. The van der Waals surface area contributed by atoms with Crippen molar-refractivity contribution in [2.75, 3.05) is 24.7 Å². The first-order valence-electron chi connectivity index (χ1n) is 10.7. The van der Waals surface area contributed by atoms with Crippen LogP contribution in [0.4, 0.5) is 5.69 Å². The van der Waals surface area contributed by atoms with Crippen molar-refractivity contribution in [1.82, 2.24) is 24.5 Å².